The number of halogens is 2. The van der Waals surface area contributed by atoms with E-state index in [-0.39, 0.29) is 6.04 Å². The predicted molar refractivity (Wildman–Crippen MR) is 66.7 cm³/mol. The van der Waals surface area contributed by atoms with Crippen LogP contribution in [0.1, 0.15) is 30.0 Å². The van der Waals surface area contributed by atoms with E-state index in [0.29, 0.717) is 0 Å². The second-order valence-electron chi connectivity index (χ2n) is 3.43. The highest BCUT2D eigenvalue weighted by Gasteiger charge is 2.20. The van der Waals surface area contributed by atoms with Crippen molar-refractivity contribution in [2.75, 3.05) is 0 Å². The third kappa shape index (κ3) is 1.78. The standard InChI is InChI=1S/C10H11BrIN/c11-10-7(12)5-4-6-2-1-3-8(13)9(6)10/h4-5,8H,1-3,13H2. The lowest BCUT2D eigenvalue weighted by molar-refractivity contribution is 0.567. The van der Waals surface area contributed by atoms with E-state index in [0.717, 1.165) is 6.42 Å². The van der Waals surface area contributed by atoms with Crippen LogP contribution in [-0.4, -0.2) is 0 Å². The molecule has 13 heavy (non-hydrogen) atoms. The van der Waals surface area contributed by atoms with Crippen molar-refractivity contribution < 1.29 is 0 Å². The average molecular weight is 352 g/mol. The van der Waals surface area contributed by atoms with Gasteiger partial charge in [0, 0.05) is 14.1 Å². The highest BCUT2D eigenvalue weighted by molar-refractivity contribution is 14.1. The summed E-state index contributed by atoms with van der Waals surface area (Å²) in [5.41, 5.74) is 8.84. The molecule has 1 aromatic carbocycles. The van der Waals surface area contributed by atoms with Gasteiger partial charge in [0.15, 0.2) is 0 Å². The summed E-state index contributed by atoms with van der Waals surface area (Å²) >= 11 is 5.96. The van der Waals surface area contributed by atoms with Crippen molar-refractivity contribution in [2.45, 2.75) is 25.3 Å². The largest absolute Gasteiger partial charge is 0.324 e. The minimum atomic E-state index is 0.229. The average Bonchev–Trinajstić information content (AvgIpc) is 2.12. The van der Waals surface area contributed by atoms with E-state index in [1.807, 2.05) is 0 Å². The minimum absolute atomic E-state index is 0.229. The molecule has 0 aliphatic heterocycles. The Bertz CT molecular complexity index is 338. The van der Waals surface area contributed by atoms with Crippen molar-refractivity contribution in [3.05, 3.63) is 31.3 Å². The molecule has 0 saturated heterocycles. The van der Waals surface area contributed by atoms with Crippen LogP contribution in [0, 0.1) is 3.57 Å². The maximum atomic E-state index is 6.08. The summed E-state index contributed by atoms with van der Waals surface area (Å²) in [6.07, 6.45) is 3.52. The van der Waals surface area contributed by atoms with E-state index >= 15 is 0 Å². The van der Waals surface area contributed by atoms with Crippen molar-refractivity contribution in [3.8, 4) is 0 Å². The van der Waals surface area contributed by atoms with Gasteiger partial charge in [0.25, 0.3) is 0 Å². The van der Waals surface area contributed by atoms with E-state index in [2.05, 4.69) is 50.7 Å². The van der Waals surface area contributed by atoms with Gasteiger partial charge in [-0.1, -0.05) is 6.07 Å². The molecule has 0 radical (unpaired) electrons. The lowest BCUT2D eigenvalue weighted by Gasteiger charge is -2.24. The first-order valence-electron chi connectivity index (χ1n) is 4.42. The van der Waals surface area contributed by atoms with Crippen LogP contribution >= 0.6 is 38.5 Å². The second-order valence-corrected chi connectivity index (χ2v) is 5.39. The molecule has 0 spiro atoms. The van der Waals surface area contributed by atoms with Crippen LogP contribution in [-0.2, 0) is 6.42 Å². The van der Waals surface area contributed by atoms with Gasteiger partial charge in [-0.25, -0.2) is 0 Å². The molecule has 1 nitrogen and oxygen atoms in total. The summed E-state index contributed by atoms with van der Waals surface area (Å²) in [6, 6.07) is 4.59. The molecule has 2 N–H and O–H groups in total. The van der Waals surface area contributed by atoms with Gasteiger partial charge in [-0.3, -0.25) is 0 Å². The Balaban J connectivity index is 2.58. The van der Waals surface area contributed by atoms with Gasteiger partial charge in [0.05, 0.1) is 0 Å². The van der Waals surface area contributed by atoms with E-state index in [9.17, 15) is 0 Å². The van der Waals surface area contributed by atoms with Crippen molar-refractivity contribution in [3.63, 3.8) is 0 Å². The van der Waals surface area contributed by atoms with Crippen LogP contribution in [0.15, 0.2) is 16.6 Å². The highest BCUT2D eigenvalue weighted by atomic mass is 127. The molecular weight excluding hydrogens is 341 g/mol. The number of benzene rings is 1. The smallest absolute Gasteiger partial charge is 0.0359 e. The summed E-state index contributed by atoms with van der Waals surface area (Å²) in [6.45, 7) is 0. The van der Waals surface area contributed by atoms with E-state index < -0.39 is 0 Å². The number of hydrogen-bond acceptors (Lipinski definition) is 1. The Morgan fingerprint density at radius 2 is 2.23 bits per heavy atom. The Labute approximate surface area is 100 Å². The maximum absolute atomic E-state index is 6.08. The van der Waals surface area contributed by atoms with E-state index in [1.165, 1.54) is 32.0 Å². The molecule has 0 aromatic heterocycles. The van der Waals surface area contributed by atoms with Crippen molar-refractivity contribution >= 4 is 38.5 Å². The SMILES string of the molecule is NC1CCCc2ccc(I)c(Br)c21. The van der Waals surface area contributed by atoms with Crippen LogP contribution in [0.2, 0.25) is 0 Å². The second kappa shape index (κ2) is 3.87. The molecule has 1 aliphatic rings. The number of nitrogens with two attached hydrogens (primary N) is 1. The Kier molecular flexibility index (Phi) is 2.95. The summed E-state index contributed by atoms with van der Waals surface area (Å²) in [5, 5.41) is 0. The number of aryl methyl sites for hydroxylation is 1. The van der Waals surface area contributed by atoms with Crippen molar-refractivity contribution in [1.82, 2.24) is 0 Å². The summed E-state index contributed by atoms with van der Waals surface area (Å²) < 4.78 is 2.46. The van der Waals surface area contributed by atoms with Gasteiger partial charge in [0.2, 0.25) is 0 Å². The monoisotopic (exact) mass is 351 g/mol. The fraction of sp³-hybridized carbons (Fsp3) is 0.400. The van der Waals surface area contributed by atoms with Crippen molar-refractivity contribution in [2.24, 2.45) is 5.73 Å². The number of rotatable bonds is 0. The van der Waals surface area contributed by atoms with Crippen LogP contribution in [0.4, 0.5) is 0 Å². The highest BCUT2D eigenvalue weighted by Crippen LogP contribution is 2.36. The molecule has 1 aromatic rings. The summed E-state index contributed by atoms with van der Waals surface area (Å²) in [4.78, 5) is 0. The third-order valence-corrected chi connectivity index (χ3v) is 5.05. The molecule has 0 heterocycles. The molecule has 0 saturated carbocycles. The normalized spacial score (nSPS) is 21.3. The molecular formula is C10H11BrIN. The number of hydrogen-bond donors (Lipinski definition) is 1. The first kappa shape index (κ1) is 9.93. The zero-order valence-corrected chi connectivity index (χ0v) is 10.9. The van der Waals surface area contributed by atoms with Gasteiger partial charge in [0.1, 0.15) is 0 Å². The molecule has 1 atom stereocenters. The topological polar surface area (TPSA) is 26.0 Å². The zero-order valence-electron chi connectivity index (χ0n) is 7.19. The lowest BCUT2D eigenvalue weighted by atomic mass is 9.88. The van der Waals surface area contributed by atoms with Gasteiger partial charge < -0.3 is 5.73 Å². The Morgan fingerprint density at radius 3 is 3.00 bits per heavy atom. The Morgan fingerprint density at radius 1 is 1.46 bits per heavy atom. The predicted octanol–water partition coefficient (Wildman–Crippen LogP) is 3.39. The molecule has 1 aliphatic carbocycles. The molecule has 2 rings (SSSR count). The van der Waals surface area contributed by atoms with Gasteiger partial charge in [-0.2, -0.15) is 0 Å². The molecule has 70 valence electrons. The van der Waals surface area contributed by atoms with E-state index in [4.69, 9.17) is 5.73 Å². The van der Waals surface area contributed by atoms with Gasteiger partial charge in [-0.15, -0.1) is 0 Å². The molecule has 0 amide bonds. The fourth-order valence-electron chi connectivity index (χ4n) is 1.88. The fourth-order valence-corrected chi connectivity index (χ4v) is 3.03. The third-order valence-electron chi connectivity index (χ3n) is 2.55. The minimum Gasteiger partial charge on any atom is -0.324 e. The lowest BCUT2D eigenvalue weighted by Crippen LogP contribution is -2.18. The first-order valence-corrected chi connectivity index (χ1v) is 6.29. The van der Waals surface area contributed by atoms with Crippen molar-refractivity contribution in [1.29, 1.82) is 0 Å². The summed E-state index contributed by atoms with van der Waals surface area (Å²) in [7, 11) is 0. The van der Waals surface area contributed by atoms with Crippen LogP contribution < -0.4 is 5.73 Å². The zero-order chi connectivity index (χ0) is 9.42. The molecule has 0 fully saturated rings. The first-order chi connectivity index (χ1) is 6.20. The van der Waals surface area contributed by atoms with Crippen LogP contribution in [0.5, 0.6) is 0 Å². The molecule has 0 bridgehead atoms. The quantitative estimate of drug-likeness (QED) is 0.712. The molecule has 1 unspecified atom stereocenters. The Hall–Kier alpha value is 0.390. The summed E-state index contributed by atoms with van der Waals surface area (Å²) in [5.74, 6) is 0. The maximum Gasteiger partial charge on any atom is 0.0359 e. The number of fused-ring (bicyclic) bond motifs is 1. The van der Waals surface area contributed by atoms with Gasteiger partial charge >= 0.3 is 0 Å². The van der Waals surface area contributed by atoms with Crippen LogP contribution in [0.25, 0.3) is 0 Å². The molecule has 3 heteroatoms. The van der Waals surface area contributed by atoms with E-state index in [1.54, 1.807) is 0 Å². The van der Waals surface area contributed by atoms with Crippen LogP contribution in [0.3, 0.4) is 0 Å². The van der Waals surface area contributed by atoms with Gasteiger partial charge in [-0.05, 0) is 75.0 Å².